The van der Waals surface area contributed by atoms with E-state index in [9.17, 15) is 4.79 Å². The molecule has 0 aliphatic heterocycles. The number of thiophene rings is 1. The van der Waals surface area contributed by atoms with Gasteiger partial charge < -0.3 is 9.63 Å². The number of nitrogens with zero attached hydrogens (tertiary/aromatic N) is 2. The fourth-order valence-corrected chi connectivity index (χ4v) is 1.76. The summed E-state index contributed by atoms with van der Waals surface area (Å²) in [4.78, 5) is 15.3. The summed E-state index contributed by atoms with van der Waals surface area (Å²) >= 11 is 1.52. The van der Waals surface area contributed by atoms with Crippen molar-refractivity contribution in [3.8, 4) is 10.7 Å². The van der Waals surface area contributed by atoms with E-state index in [0.29, 0.717) is 11.7 Å². The molecule has 2 heterocycles. The molecule has 0 amide bonds. The smallest absolute Gasteiger partial charge is 0.317 e. The van der Waals surface area contributed by atoms with Gasteiger partial charge in [-0.1, -0.05) is 11.2 Å². The van der Waals surface area contributed by atoms with Gasteiger partial charge in [-0.25, -0.2) is 0 Å². The molecule has 16 heavy (non-hydrogen) atoms. The van der Waals surface area contributed by atoms with Crippen molar-refractivity contribution in [2.45, 2.75) is 6.54 Å². The molecule has 2 rings (SSSR count). The predicted molar refractivity (Wildman–Crippen MR) is 57.0 cm³/mol. The second-order valence-corrected chi connectivity index (χ2v) is 3.93. The molecule has 2 aromatic rings. The number of carboxylic acids is 1. The molecular weight excluding hydrogens is 230 g/mol. The van der Waals surface area contributed by atoms with Crippen LogP contribution < -0.4 is 5.32 Å². The van der Waals surface area contributed by atoms with Gasteiger partial charge in [0.2, 0.25) is 11.7 Å². The van der Waals surface area contributed by atoms with Crippen LogP contribution in [-0.2, 0) is 11.3 Å². The largest absolute Gasteiger partial charge is 0.480 e. The Morgan fingerprint density at radius 1 is 1.62 bits per heavy atom. The van der Waals surface area contributed by atoms with Gasteiger partial charge in [-0.3, -0.25) is 10.1 Å². The third-order valence-electron chi connectivity index (χ3n) is 1.76. The van der Waals surface area contributed by atoms with Gasteiger partial charge in [-0.05, 0) is 11.4 Å². The molecule has 0 radical (unpaired) electrons. The van der Waals surface area contributed by atoms with E-state index in [1.165, 1.54) is 11.3 Å². The molecule has 7 heteroatoms. The fourth-order valence-electron chi connectivity index (χ4n) is 1.11. The molecule has 84 valence electrons. The lowest BCUT2D eigenvalue weighted by atomic mass is 10.4. The number of carbonyl (C=O) groups is 1. The zero-order chi connectivity index (χ0) is 11.4. The number of aliphatic carboxylic acids is 1. The lowest BCUT2D eigenvalue weighted by molar-refractivity contribution is -0.136. The number of rotatable bonds is 5. The summed E-state index contributed by atoms with van der Waals surface area (Å²) in [6.07, 6.45) is 0. The van der Waals surface area contributed by atoms with Crippen molar-refractivity contribution in [1.82, 2.24) is 15.5 Å². The molecule has 6 nitrogen and oxygen atoms in total. The predicted octanol–water partition coefficient (Wildman–Crippen LogP) is 0.972. The van der Waals surface area contributed by atoms with Crippen molar-refractivity contribution < 1.29 is 14.4 Å². The van der Waals surface area contributed by atoms with E-state index in [1.54, 1.807) is 0 Å². The summed E-state index contributed by atoms with van der Waals surface area (Å²) in [5.74, 6) is -0.00947. The van der Waals surface area contributed by atoms with Gasteiger partial charge in [-0.15, -0.1) is 11.3 Å². The zero-order valence-corrected chi connectivity index (χ0v) is 9.03. The average Bonchev–Trinajstić information content (AvgIpc) is 2.85. The molecule has 0 aliphatic carbocycles. The maximum Gasteiger partial charge on any atom is 0.317 e. The van der Waals surface area contributed by atoms with E-state index in [4.69, 9.17) is 9.63 Å². The van der Waals surface area contributed by atoms with Crippen LogP contribution in [-0.4, -0.2) is 27.8 Å². The number of hydrogen-bond acceptors (Lipinski definition) is 6. The first-order valence-electron chi connectivity index (χ1n) is 4.54. The molecule has 0 spiro atoms. The SMILES string of the molecule is O=C(O)CNCc1nc(-c2cccs2)no1. The van der Waals surface area contributed by atoms with Crippen molar-refractivity contribution in [3.63, 3.8) is 0 Å². The Hall–Kier alpha value is -1.73. The highest BCUT2D eigenvalue weighted by molar-refractivity contribution is 7.13. The van der Waals surface area contributed by atoms with E-state index >= 15 is 0 Å². The Bertz CT molecular complexity index is 466. The van der Waals surface area contributed by atoms with Crippen LogP contribution in [0.4, 0.5) is 0 Å². The Balaban J connectivity index is 1.95. The van der Waals surface area contributed by atoms with Crippen molar-refractivity contribution in [1.29, 1.82) is 0 Å². The molecule has 0 atom stereocenters. The van der Waals surface area contributed by atoms with Crippen molar-refractivity contribution >= 4 is 17.3 Å². The Labute approximate surface area is 94.9 Å². The number of aromatic nitrogens is 2. The zero-order valence-electron chi connectivity index (χ0n) is 8.21. The molecule has 2 aromatic heterocycles. The Kier molecular flexibility index (Phi) is 3.28. The number of nitrogens with one attached hydrogen (secondary N) is 1. The second-order valence-electron chi connectivity index (χ2n) is 2.99. The first-order valence-corrected chi connectivity index (χ1v) is 5.42. The number of carboxylic acid groups (broad SMARTS) is 1. The third kappa shape index (κ3) is 2.65. The minimum absolute atomic E-state index is 0.128. The van der Waals surface area contributed by atoms with E-state index in [0.717, 1.165) is 4.88 Å². The summed E-state index contributed by atoms with van der Waals surface area (Å²) in [6, 6.07) is 3.79. The van der Waals surface area contributed by atoms with Gasteiger partial charge in [0.25, 0.3) is 0 Å². The van der Waals surface area contributed by atoms with Crippen LogP contribution in [0.2, 0.25) is 0 Å². The van der Waals surface area contributed by atoms with Crippen LogP contribution in [0.15, 0.2) is 22.0 Å². The standard InChI is InChI=1S/C9H9N3O3S/c13-8(14)5-10-4-7-11-9(12-15-7)6-2-1-3-16-6/h1-3,10H,4-5H2,(H,13,14). The summed E-state index contributed by atoms with van der Waals surface area (Å²) < 4.78 is 4.96. The molecule has 0 fully saturated rings. The molecule has 0 aliphatic rings. The molecule has 0 aromatic carbocycles. The van der Waals surface area contributed by atoms with Crippen LogP contribution >= 0.6 is 11.3 Å². The highest BCUT2D eigenvalue weighted by atomic mass is 32.1. The Morgan fingerprint density at radius 2 is 2.50 bits per heavy atom. The third-order valence-corrected chi connectivity index (χ3v) is 2.63. The van der Waals surface area contributed by atoms with Crippen molar-refractivity contribution in [2.75, 3.05) is 6.54 Å². The fraction of sp³-hybridized carbons (Fsp3) is 0.222. The lowest BCUT2D eigenvalue weighted by Crippen LogP contribution is -2.21. The first-order chi connectivity index (χ1) is 7.75. The van der Waals surface area contributed by atoms with Gasteiger partial charge in [0, 0.05) is 0 Å². The van der Waals surface area contributed by atoms with Gasteiger partial charge >= 0.3 is 5.97 Å². The summed E-state index contributed by atoms with van der Waals surface area (Å²) in [5.41, 5.74) is 0. The van der Waals surface area contributed by atoms with E-state index < -0.39 is 5.97 Å². The minimum Gasteiger partial charge on any atom is -0.480 e. The molecule has 0 saturated carbocycles. The van der Waals surface area contributed by atoms with E-state index in [1.807, 2.05) is 17.5 Å². The van der Waals surface area contributed by atoms with Crippen molar-refractivity contribution in [3.05, 3.63) is 23.4 Å². The minimum atomic E-state index is -0.919. The van der Waals surface area contributed by atoms with Gasteiger partial charge in [-0.2, -0.15) is 4.98 Å². The summed E-state index contributed by atoms with van der Waals surface area (Å²) in [6.45, 7) is 0.126. The molecule has 0 saturated heterocycles. The highest BCUT2D eigenvalue weighted by Crippen LogP contribution is 2.20. The van der Waals surface area contributed by atoms with Crippen LogP contribution in [0.5, 0.6) is 0 Å². The first kappa shape index (κ1) is 10.8. The van der Waals surface area contributed by atoms with Crippen molar-refractivity contribution in [2.24, 2.45) is 0 Å². The van der Waals surface area contributed by atoms with E-state index in [2.05, 4.69) is 15.5 Å². The van der Waals surface area contributed by atoms with Crippen LogP contribution in [0.3, 0.4) is 0 Å². The molecule has 0 bridgehead atoms. The summed E-state index contributed by atoms with van der Waals surface area (Å²) in [7, 11) is 0. The number of hydrogen-bond donors (Lipinski definition) is 2. The van der Waals surface area contributed by atoms with Gasteiger partial charge in [0.1, 0.15) is 0 Å². The highest BCUT2D eigenvalue weighted by Gasteiger charge is 2.09. The molecule has 2 N–H and O–H groups in total. The molecular formula is C9H9N3O3S. The maximum absolute atomic E-state index is 10.3. The maximum atomic E-state index is 10.3. The van der Waals surface area contributed by atoms with Gasteiger partial charge in [0.15, 0.2) is 0 Å². The molecule has 0 unspecified atom stereocenters. The Morgan fingerprint density at radius 3 is 3.19 bits per heavy atom. The van der Waals surface area contributed by atoms with Crippen LogP contribution in [0.1, 0.15) is 5.89 Å². The lowest BCUT2D eigenvalue weighted by Gasteiger charge is -1.94. The topological polar surface area (TPSA) is 88.2 Å². The van der Waals surface area contributed by atoms with Crippen LogP contribution in [0, 0.1) is 0 Å². The van der Waals surface area contributed by atoms with Gasteiger partial charge in [0.05, 0.1) is 18.0 Å². The average molecular weight is 239 g/mol. The van der Waals surface area contributed by atoms with Crippen LogP contribution in [0.25, 0.3) is 10.7 Å². The normalized spacial score (nSPS) is 10.5. The van der Waals surface area contributed by atoms with E-state index in [-0.39, 0.29) is 13.1 Å². The summed E-state index contributed by atoms with van der Waals surface area (Å²) in [5, 5.41) is 16.8. The quantitative estimate of drug-likeness (QED) is 0.808. The monoisotopic (exact) mass is 239 g/mol. The second kappa shape index (κ2) is 4.86.